The van der Waals surface area contributed by atoms with Gasteiger partial charge in [-0.2, -0.15) is 0 Å². The minimum Gasteiger partial charge on any atom is -0.490 e. The van der Waals surface area contributed by atoms with Gasteiger partial charge < -0.3 is 15.0 Å². The fraction of sp³-hybridized carbons (Fsp3) is 0.647. The SMILES string of the molecule is CC(Cc1ccc2c(c1)NCCO2)N1CCCCCC1. The fourth-order valence-electron chi connectivity index (χ4n) is 3.32. The van der Waals surface area contributed by atoms with Crippen LogP contribution in [-0.2, 0) is 6.42 Å². The molecule has 3 nitrogen and oxygen atoms in total. The first-order valence-corrected chi connectivity index (χ1v) is 8.06. The van der Waals surface area contributed by atoms with Gasteiger partial charge in [-0.05, 0) is 57.0 Å². The van der Waals surface area contributed by atoms with Crippen molar-refractivity contribution in [3.8, 4) is 5.75 Å². The first-order chi connectivity index (χ1) is 9.83. The first-order valence-electron chi connectivity index (χ1n) is 8.06. The molecule has 110 valence electrons. The number of likely N-dealkylation sites (tertiary alicyclic amines) is 1. The Morgan fingerprint density at radius 2 is 2.00 bits per heavy atom. The molecule has 1 atom stereocenters. The molecule has 1 unspecified atom stereocenters. The number of fused-ring (bicyclic) bond motifs is 1. The average molecular weight is 274 g/mol. The van der Waals surface area contributed by atoms with Crippen LogP contribution in [0.3, 0.4) is 0 Å². The summed E-state index contributed by atoms with van der Waals surface area (Å²) in [4.78, 5) is 2.66. The van der Waals surface area contributed by atoms with Crippen molar-refractivity contribution in [1.82, 2.24) is 4.90 Å². The second-order valence-corrected chi connectivity index (χ2v) is 6.11. The summed E-state index contributed by atoms with van der Waals surface area (Å²) in [5.74, 6) is 1.00. The van der Waals surface area contributed by atoms with Crippen molar-refractivity contribution >= 4 is 5.69 Å². The lowest BCUT2D eigenvalue weighted by molar-refractivity contribution is 0.216. The summed E-state index contributed by atoms with van der Waals surface area (Å²) >= 11 is 0. The minimum atomic E-state index is 0.635. The monoisotopic (exact) mass is 274 g/mol. The first kappa shape index (κ1) is 13.7. The molecule has 1 aromatic rings. The van der Waals surface area contributed by atoms with E-state index in [9.17, 15) is 0 Å². The molecule has 3 rings (SSSR count). The highest BCUT2D eigenvalue weighted by Gasteiger charge is 2.17. The minimum absolute atomic E-state index is 0.635. The topological polar surface area (TPSA) is 24.5 Å². The molecule has 2 aliphatic heterocycles. The van der Waals surface area contributed by atoms with Crippen LogP contribution in [0, 0.1) is 0 Å². The molecular weight excluding hydrogens is 248 g/mol. The van der Waals surface area contributed by atoms with Crippen molar-refractivity contribution in [3.63, 3.8) is 0 Å². The molecule has 1 aromatic carbocycles. The zero-order chi connectivity index (χ0) is 13.8. The molecule has 3 heteroatoms. The third kappa shape index (κ3) is 3.26. The third-order valence-electron chi connectivity index (χ3n) is 4.51. The number of benzene rings is 1. The Bertz CT molecular complexity index is 439. The number of hydrogen-bond acceptors (Lipinski definition) is 3. The Labute approximate surface area is 122 Å². The highest BCUT2D eigenvalue weighted by molar-refractivity contribution is 5.59. The van der Waals surface area contributed by atoms with Crippen molar-refractivity contribution in [2.24, 2.45) is 0 Å². The van der Waals surface area contributed by atoms with Crippen molar-refractivity contribution in [1.29, 1.82) is 0 Å². The second-order valence-electron chi connectivity index (χ2n) is 6.11. The molecule has 0 spiro atoms. The lowest BCUT2D eigenvalue weighted by atomic mass is 10.0. The Hall–Kier alpha value is -1.22. The van der Waals surface area contributed by atoms with Crippen molar-refractivity contribution in [3.05, 3.63) is 23.8 Å². The molecule has 0 bridgehead atoms. The smallest absolute Gasteiger partial charge is 0.142 e. The zero-order valence-corrected chi connectivity index (χ0v) is 12.5. The number of anilines is 1. The fourth-order valence-corrected chi connectivity index (χ4v) is 3.32. The molecule has 1 N–H and O–H groups in total. The summed E-state index contributed by atoms with van der Waals surface area (Å²) in [7, 11) is 0. The largest absolute Gasteiger partial charge is 0.490 e. The van der Waals surface area contributed by atoms with Crippen LogP contribution in [0.25, 0.3) is 0 Å². The van der Waals surface area contributed by atoms with Gasteiger partial charge >= 0.3 is 0 Å². The van der Waals surface area contributed by atoms with E-state index in [2.05, 4.69) is 35.3 Å². The highest BCUT2D eigenvalue weighted by atomic mass is 16.5. The van der Waals surface area contributed by atoms with Gasteiger partial charge in [0.2, 0.25) is 0 Å². The van der Waals surface area contributed by atoms with Crippen LogP contribution in [0.15, 0.2) is 18.2 Å². The maximum absolute atomic E-state index is 5.64. The number of ether oxygens (including phenoxy) is 1. The molecule has 0 saturated carbocycles. The maximum Gasteiger partial charge on any atom is 0.142 e. The lowest BCUT2D eigenvalue weighted by Crippen LogP contribution is -2.35. The van der Waals surface area contributed by atoms with Gasteiger partial charge in [0.1, 0.15) is 12.4 Å². The van der Waals surface area contributed by atoms with Crippen LogP contribution in [0.2, 0.25) is 0 Å². The molecule has 20 heavy (non-hydrogen) atoms. The Morgan fingerprint density at radius 3 is 2.80 bits per heavy atom. The number of nitrogens with zero attached hydrogens (tertiary/aromatic N) is 1. The molecule has 0 aliphatic carbocycles. The van der Waals surface area contributed by atoms with E-state index in [0.29, 0.717) is 6.04 Å². The molecular formula is C17H26N2O. The van der Waals surface area contributed by atoms with E-state index in [0.717, 1.165) is 31.0 Å². The quantitative estimate of drug-likeness (QED) is 0.915. The predicted molar refractivity (Wildman–Crippen MR) is 83.6 cm³/mol. The predicted octanol–water partition coefficient (Wildman–Crippen LogP) is 3.30. The van der Waals surface area contributed by atoms with E-state index in [1.807, 2.05) is 0 Å². The third-order valence-corrected chi connectivity index (χ3v) is 4.51. The van der Waals surface area contributed by atoms with Crippen molar-refractivity contribution in [2.45, 2.75) is 45.1 Å². The second kappa shape index (κ2) is 6.49. The Balaban J connectivity index is 1.64. The summed E-state index contributed by atoms with van der Waals surface area (Å²) in [6.45, 7) is 6.60. The normalized spacial score (nSPS) is 21.2. The van der Waals surface area contributed by atoms with Crippen LogP contribution < -0.4 is 10.1 Å². The summed E-state index contributed by atoms with van der Waals surface area (Å²) < 4.78 is 5.64. The van der Waals surface area contributed by atoms with Crippen LogP contribution in [-0.4, -0.2) is 37.2 Å². The van der Waals surface area contributed by atoms with Crippen LogP contribution >= 0.6 is 0 Å². The van der Waals surface area contributed by atoms with Gasteiger partial charge in [-0.15, -0.1) is 0 Å². The van der Waals surface area contributed by atoms with Crippen molar-refractivity contribution in [2.75, 3.05) is 31.6 Å². The molecule has 2 aliphatic rings. The van der Waals surface area contributed by atoms with Gasteiger partial charge in [-0.1, -0.05) is 18.9 Å². The van der Waals surface area contributed by atoms with Gasteiger partial charge in [0, 0.05) is 12.6 Å². The molecule has 0 amide bonds. The molecule has 1 fully saturated rings. The van der Waals surface area contributed by atoms with E-state index in [4.69, 9.17) is 4.74 Å². The molecule has 0 radical (unpaired) electrons. The van der Waals surface area contributed by atoms with E-state index < -0.39 is 0 Å². The standard InChI is InChI=1S/C17H26N2O/c1-14(19-9-4-2-3-5-10-19)12-15-6-7-17-16(13-15)18-8-11-20-17/h6-7,13-14,18H,2-5,8-12H2,1H3. The molecule has 0 aromatic heterocycles. The average Bonchev–Trinajstić information content (AvgIpc) is 2.76. The van der Waals surface area contributed by atoms with E-state index in [-0.39, 0.29) is 0 Å². The van der Waals surface area contributed by atoms with Gasteiger partial charge in [-0.25, -0.2) is 0 Å². The molecule has 2 heterocycles. The Morgan fingerprint density at radius 1 is 1.20 bits per heavy atom. The van der Waals surface area contributed by atoms with E-state index in [1.165, 1.54) is 44.3 Å². The molecule has 1 saturated heterocycles. The van der Waals surface area contributed by atoms with Crippen LogP contribution in [0.5, 0.6) is 5.75 Å². The van der Waals surface area contributed by atoms with Crippen LogP contribution in [0.4, 0.5) is 5.69 Å². The van der Waals surface area contributed by atoms with Gasteiger partial charge in [0.25, 0.3) is 0 Å². The number of nitrogens with one attached hydrogen (secondary N) is 1. The number of hydrogen-bond donors (Lipinski definition) is 1. The summed E-state index contributed by atoms with van der Waals surface area (Å²) in [5.41, 5.74) is 2.58. The highest BCUT2D eigenvalue weighted by Crippen LogP contribution is 2.29. The van der Waals surface area contributed by atoms with Crippen LogP contribution in [0.1, 0.15) is 38.2 Å². The van der Waals surface area contributed by atoms with Crippen molar-refractivity contribution < 1.29 is 4.74 Å². The van der Waals surface area contributed by atoms with Gasteiger partial charge in [0.05, 0.1) is 5.69 Å². The number of rotatable bonds is 3. The van der Waals surface area contributed by atoms with E-state index >= 15 is 0 Å². The van der Waals surface area contributed by atoms with Gasteiger partial charge in [-0.3, -0.25) is 0 Å². The summed E-state index contributed by atoms with van der Waals surface area (Å²) in [6, 6.07) is 7.24. The summed E-state index contributed by atoms with van der Waals surface area (Å²) in [6.07, 6.45) is 6.68. The van der Waals surface area contributed by atoms with E-state index in [1.54, 1.807) is 0 Å². The lowest BCUT2D eigenvalue weighted by Gasteiger charge is -2.28. The maximum atomic E-state index is 5.64. The Kier molecular flexibility index (Phi) is 4.46. The zero-order valence-electron chi connectivity index (χ0n) is 12.5. The van der Waals surface area contributed by atoms with Gasteiger partial charge in [0.15, 0.2) is 0 Å². The summed E-state index contributed by atoms with van der Waals surface area (Å²) in [5, 5.41) is 3.43.